The Balaban J connectivity index is 2.21. The molecule has 0 bridgehead atoms. The zero-order chi connectivity index (χ0) is 13.8. The molecule has 2 nitrogen and oxygen atoms in total. The molecule has 5 heteroatoms. The summed E-state index contributed by atoms with van der Waals surface area (Å²) in [5.41, 5.74) is 0.738. The van der Waals surface area contributed by atoms with Gasteiger partial charge in [-0.3, -0.25) is 4.79 Å². The molecule has 0 heterocycles. The average Bonchev–Trinajstić information content (AvgIpc) is 2.39. The first-order valence-corrected chi connectivity index (χ1v) is 6.05. The minimum atomic E-state index is -0.894. The van der Waals surface area contributed by atoms with E-state index in [9.17, 15) is 13.6 Å². The quantitative estimate of drug-likeness (QED) is 0.848. The standard InChI is InChI=1S/C14H10ClF2NO/c15-8-9-4-6-10(7-5-9)18-14(19)13-11(16)2-1-3-12(13)17/h1-7H,8H2,(H,18,19). The third-order valence-electron chi connectivity index (χ3n) is 2.56. The maximum Gasteiger partial charge on any atom is 0.261 e. The molecule has 2 aromatic rings. The topological polar surface area (TPSA) is 29.1 Å². The van der Waals surface area contributed by atoms with Crippen LogP contribution in [0.2, 0.25) is 0 Å². The second-order valence-electron chi connectivity index (χ2n) is 3.88. The lowest BCUT2D eigenvalue weighted by Gasteiger charge is -2.07. The van der Waals surface area contributed by atoms with Gasteiger partial charge in [-0.1, -0.05) is 18.2 Å². The van der Waals surface area contributed by atoms with Crippen molar-refractivity contribution >= 4 is 23.2 Å². The molecule has 1 amide bonds. The Hall–Kier alpha value is -1.94. The van der Waals surface area contributed by atoms with Gasteiger partial charge in [0, 0.05) is 11.6 Å². The Morgan fingerprint density at radius 1 is 1.05 bits per heavy atom. The Labute approximate surface area is 114 Å². The van der Waals surface area contributed by atoms with Gasteiger partial charge in [-0.25, -0.2) is 8.78 Å². The highest BCUT2D eigenvalue weighted by Gasteiger charge is 2.16. The molecule has 0 fully saturated rings. The average molecular weight is 282 g/mol. The lowest BCUT2D eigenvalue weighted by Crippen LogP contribution is -2.15. The van der Waals surface area contributed by atoms with E-state index >= 15 is 0 Å². The third-order valence-corrected chi connectivity index (χ3v) is 2.86. The number of rotatable bonds is 3. The Bertz CT molecular complexity index is 579. The van der Waals surface area contributed by atoms with Crippen molar-refractivity contribution in [3.63, 3.8) is 0 Å². The minimum Gasteiger partial charge on any atom is -0.322 e. The van der Waals surface area contributed by atoms with Gasteiger partial charge in [-0.2, -0.15) is 0 Å². The molecule has 0 aliphatic heterocycles. The van der Waals surface area contributed by atoms with E-state index in [-0.39, 0.29) is 0 Å². The van der Waals surface area contributed by atoms with Crippen molar-refractivity contribution in [1.29, 1.82) is 0 Å². The molecular formula is C14H10ClF2NO. The SMILES string of the molecule is O=C(Nc1ccc(CCl)cc1)c1c(F)cccc1F. The number of nitrogens with one attached hydrogen (secondary N) is 1. The summed E-state index contributed by atoms with van der Waals surface area (Å²) in [6.45, 7) is 0. The maximum absolute atomic E-state index is 13.4. The van der Waals surface area contributed by atoms with Crippen LogP contribution < -0.4 is 5.32 Å². The predicted molar refractivity (Wildman–Crippen MR) is 70.3 cm³/mol. The molecule has 2 aromatic carbocycles. The predicted octanol–water partition coefficient (Wildman–Crippen LogP) is 3.96. The summed E-state index contributed by atoms with van der Waals surface area (Å²) in [5, 5.41) is 2.43. The molecule has 0 aliphatic carbocycles. The Morgan fingerprint density at radius 2 is 1.63 bits per heavy atom. The summed E-state index contributed by atoms with van der Waals surface area (Å²) >= 11 is 5.64. The van der Waals surface area contributed by atoms with Gasteiger partial charge in [-0.05, 0) is 29.8 Å². The number of benzene rings is 2. The van der Waals surface area contributed by atoms with Gasteiger partial charge in [0.05, 0.1) is 0 Å². The number of carbonyl (C=O) groups is 1. The fourth-order valence-electron chi connectivity index (χ4n) is 1.59. The fraction of sp³-hybridized carbons (Fsp3) is 0.0714. The number of amides is 1. The van der Waals surface area contributed by atoms with E-state index < -0.39 is 23.1 Å². The molecule has 0 spiro atoms. The van der Waals surface area contributed by atoms with Crippen LogP contribution in [0.15, 0.2) is 42.5 Å². The normalized spacial score (nSPS) is 10.3. The van der Waals surface area contributed by atoms with Gasteiger partial charge in [0.25, 0.3) is 5.91 Å². The first-order chi connectivity index (χ1) is 9.11. The van der Waals surface area contributed by atoms with E-state index in [4.69, 9.17) is 11.6 Å². The second-order valence-corrected chi connectivity index (χ2v) is 4.15. The van der Waals surface area contributed by atoms with Crippen LogP contribution in [0.3, 0.4) is 0 Å². The third kappa shape index (κ3) is 3.09. The van der Waals surface area contributed by atoms with Gasteiger partial charge in [-0.15, -0.1) is 11.6 Å². The highest BCUT2D eigenvalue weighted by atomic mass is 35.5. The van der Waals surface area contributed by atoms with Gasteiger partial charge < -0.3 is 5.32 Å². The summed E-state index contributed by atoms with van der Waals surface area (Å²) in [5.74, 6) is -2.25. The summed E-state index contributed by atoms with van der Waals surface area (Å²) in [4.78, 5) is 11.8. The molecule has 0 aliphatic rings. The molecule has 19 heavy (non-hydrogen) atoms. The second kappa shape index (κ2) is 5.80. The van der Waals surface area contributed by atoms with Crippen LogP contribution >= 0.6 is 11.6 Å². The maximum atomic E-state index is 13.4. The van der Waals surface area contributed by atoms with E-state index in [1.165, 1.54) is 6.07 Å². The van der Waals surface area contributed by atoms with Crippen molar-refractivity contribution in [3.8, 4) is 0 Å². The number of hydrogen-bond donors (Lipinski definition) is 1. The molecule has 0 saturated heterocycles. The monoisotopic (exact) mass is 281 g/mol. The van der Waals surface area contributed by atoms with Crippen molar-refractivity contribution in [2.24, 2.45) is 0 Å². The highest BCUT2D eigenvalue weighted by Crippen LogP contribution is 2.16. The van der Waals surface area contributed by atoms with E-state index in [0.717, 1.165) is 17.7 Å². The van der Waals surface area contributed by atoms with Crippen molar-refractivity contribution in [2.75, 3.05) is 5.32 Å². The smallest absolute Gasteiger partial charge is 0.261 e. The number of carbonyl (C=O) groups excluding carboxylic acids is 1. The molecule has 0 atom stereocenters. The number of halogens is 3. The fourth-order valence-corrected chi connectivity index (χ4v) is 1.76. The Kier molecular flexibility index (Phi) is 4.12. The van der Waals surface area contributed by atoms with Crippen molar-refractivity contribution in [3.05, 3.63) is 65.2 Å². The molecule has 0 radical (unpaired) electrons. The number of alkyl halides is 1. The van der Waals surface area contributed by atoms with Gasteiger partial charge >= 0.3 is 0 Å². The van der Waals surface area contributed by atoms with Crippen LogP contribution in [0.1, 0.15) is 15.9 Å². The zero-order valence-corrected chi connectivity index (χ0v) is 10.5. The molecule has 0 aromatic heterocycles. The van der Waals surface area contributed by atoms with Crippen LogP contribution in [0.4, 0.5) is 14.5 Å². The summed E-state index contributed by atoms with van der Waals surface area (Å²) in [6.07, 6.45) is 0. The summed E-state index contributed by atoms with van der Waals surface area (Å²) < 4.78 is 26.8. The van der Waals surface area contributed by atoms with Crippen molar-refractivity contribution in [2.45, 2.75) is 5.88 Å². The van der Waals surface area contributed by atoms with Crippen LogP contribution in [-0.4, -0.2) is 5.91 Å². The van der Waals surface area contributed by atoms with Gasteiger partial charge in [0.2, 0.25) is 0 Å². The molecule has 98 valence electrons. The number of hydrogen-bond acceptors (Lipinski definition) is 1. The van der Waals surface area contributed by atoms with Crippen molar-refractivity contribution < 1.29 is 13.6 Å². The first-order valence-electron chi connectivity index (χ1n) is 5.52. The molecule has 0 saturated carbocycles. The van der Waals surface area contributed by atoms with Crippen LogP contribution in [0, 0.1) is 11.6 Å². The van der Waals surface area contributed by atoms with Gasteiger partial charge in [0.1, 0.15) is 17.2 Å². The van der Waals surface area contributed by atoms with E-state index in [1.54, 1.807) is 24.3 Å². The summed E-state index contributed by atoms with van der Waals surface area (Å²) in [7, 11) is 0. The molecule has 2 rings (SSSR count). The lowest BCUT2D eigenvalue weighted by atomic mass is 10.1. The highest BCUT2D eigenvalue weighted by molar-refractivity contribution is 6.17. The minimum absolute atomic E-state index is 0.357. The van der Waals surface area contributed by atoms with E-state index in [0.29, 0.717) is 11.6 Å². The van der Waals surface area contributed by atoms with Crippen molar-refractivity contribution in [1.82, 2.24) is 0 Å². The lowest BCUT2D eigenvalue weighted by molar-refractivity contribution is 0.101. The molecule has 0 unspecified atom stereocenters. The van der Waals surface area contributed by atoms with E-state index in [2.05, 4.69) is 5.32 Å². The largest absolute Gasteiger partial charge is 0.322 e. The van der Waals surface area contributed by atoms with E-state index in [1.807, 2.05) is 0 Å². The zero-order valence-electron chi connectivity index (χ0n) is 9.79. The Morgan fingerprint density at radius 3 is 2.16 bits per heavy atom. The van der Waals surface area contributed by atoms with Crippen LogP contribution in [0.5, 0.6) is 0 Å². The summed E-state index contributed by atoms with van der Waals surface area (Å²) in [6, 6.07) is 9.96. The molecule has 1 N–H and O–H groups in total. The van der Waals surface area contributed by atoms with Crippen LogP contribution in [0.25, 0.3) is 0 Å². The number of anilines is 1. The van der Waals surface area contributed by atoms with Crippen LogP contribution in [-0.2, 0) is 5.88 Å². The molecular weight excluding hydrogens is 272 g/mol. The first kappa shape index (κ1) is 13.5. The van der Waals surface area contributed by atoms with Gasteiger partial charge in [0.15, 0.2) is 0 Å².